The molecule has 0 saturated carbocycles. The van der Waals surface area contributed by atoms with E-state index in [0.717, 1.165) is 11.3 Å². The second-order valence-electron chi connectivity index (χ2n) is 5.43. The van der Waals surface area contributed by atoms with E-state index in [1.807, 2.05) is 31.2 Å². The normalized spacial score (nSPS) is 19.5. The van der Waals surface area contributed by atoms with Crippen molar-refractivity contribution in [2.75, 3.05) is 18.1 Å². The van der Waals surface area contributed by atoms with Crippen molar-refractivity contribution in [3.63, 3.8) is 0 Å². The number of amides is 1. The van der Waals surface area contributed by atoms with Gasteiger partial charge in [-0.2, -0.15) is 11.8 Å². The average molecular weight is 323 g/mol. The quantitative estimate of drug-likeness (QED) is 0.899. The zero-order valence-corrected chi connectivity index (χ0v) is 13.6. The van der Waals surface area contributed by atoms with E-state index in [4.69, 9.17) is 9.84 Å². The van der Waals surface area contributed by atoms with E-state index in [1.54, 1.807) is 23.6 Å². The van der Waals surface area contributed by atoms with Crippen LogP contribution in [0.4, 0.5) is 0 Å². The molecule has 0 bridgehead atoms. The first kappa shape index (κ1) is 16.7. The van der Waals surface area contributed by atoms with Crippen molar-refractivity contribution >= 4 is 23.6 Å². The Balaban J connectivity index is 2.01. The van der Waals surface area contributed by atoms with Gasteiger partial charge in [0.05, 0.1) is 12.5 Å². The van der Waals surface area contributed by atoms with Crippen LogP contribution in [0, 0.1) is 6.92 Å². The highest BCUT2D eigenvalue weighted by Crippen LogP contribution is 2.21. The Morgan fingerprint density at radius 3 is 2.73 bits per heavy atom. The average Bonchev–Trinajstić information content (AvgIpc) is 2.49. The molecule has 1 heterocycles. The maximum absolute atomic E-state index is 12.6. The molecule has 0 aromatic heterocycles. The topological polar surface area (TPSA) is 66.8 Å². The van der Waals surface area contributed by atoms with Crippen molar-refractivity contribution in [3.8, 4) is 5.75 Å². The third-order valence-corrected chi connectivity index (χ3v) is 4.69. The minimum absolute atomic E-state index is 0.0179. The number of hydrogen-bond acceptors (Lipinski definition) is 4. The molecule has 22 heavy (non-hydrogen) atoms. The van der Waals surface area contributed by atoms with Gasteiger partial charge < -0.3 is 14.7 Å². The van der Waals surface area contributed by atoms with Crippen molar-refractivity contribution in [1.82, 2.24) is 4.90 Å². The van der Waals surface area contributed by atoms with Gasteiger partial charge in [0.2, 0.25) is 0 Å². The summed E-state index contributed by atoms with van der Waals surface area (Å²) >= 11 is 1.69. The van der Waals surface area contributed by atoms with Gasteiger partial charge in [0, 0.05) is 18.1 Å². The summed E-state index contributed by atoms with van der Waals surface area (Å²) in [6, 6.07) is 7.27. The summed E-state index contributed by atoms with van der Waals surface area (Å²) in [5, 5.41) is 8.99. The molecular formula is C16H21NO4S. The van der Waals surface area contributed by atoms with E-state index in [0.29, 0.717) is 18.0 Å². The largest absolute Gasteiger partial charge is 0.481 e. The number of hydrogen-bond donors (Lipinski definition) is 1. The van der Waals surface area contributed by atoms with Crippen LogP contribution in [0.25, 0.3) is 0 Å². The summed E-state index contributed by atoms with van der Waals surface area (Å²) < 4.78 is 5.69. The zero-order chi connectivity index (χ0) is 16.1. The Kier molecular flexibility index (Phi) is 5.71. The van der Waals surface area contributed by atoms with Crippen LogP contribution in [-0.2, 0) is 9.59 Å². The van der Waals surface area contributed by atoms with E-state index in [9.17, 15) is 9.59 Å². The summed E-state index contributed by atoms with van der Waals surface area (Å²) in [6.45, 7) is 4.27. The lowest BCUT2D eigenvalue weighted by molar-refractivity contribution is -0.143. The number of carboxylic acid groups (broad SMARTS) is 1. The third-order valence-electron chi connectivity index (χ3n) is 3.60. The first-order chi connectivity index (χ1) is 10.5. The summed E-state index contributed by atoms with van der Waals surface area (Å²) in [5.41, 5.74) is 1.13. The van der Waals surface area contributed by atoms with Crippen molar-refractivity contribution in [3.05, 3.63) is 29.8 Å². The van der Waals surface area contributed by atoms with Crippen LogP contribution in [0.1, 0.15) is 18.9 Å². The van der Waals surface area contributed by atoms with Crippen molar-refractivity contribution in [2.45, 2.75) is 32.4 Å². The van der Waals surface area contributed by atoms with Gasteiger partial charge >= 0.3 is 5.97 Å². The van der Waals surface area contributed by atoms with Crippen molar-refractivity contribution in [2.24, 2.45) is 0 Å². The molecule has 2 rings (SSSR count). The summed E-state index contributed by atoms with van der Waals surface area (Å²) in [7, 11) is 0. The van der Waals surface area contributed by atoms with E-state index in [-0.39, 0.29) is 18.4 Å². The van der Waals surface area contributed by atoms with Crippen LogP contribution >= 0.6 is 11.8 Å². The second-order valence-corrected chi connectivity index (χ2v) is 6.58. The Hall–Kier alpha value is -1.69. The standard InChI is InChI=1S/C16H21NO4S/c1-11-3-5-14(6-4-11)21-12(2)16(20)17-7-8-22-10-13(17)9-15(18)19/h3-6,12-13H,7-10H2,1-2H3,(H,18,19). The first-order valence-corrected chi connectivity index (χ1v) is 8.46. The molecule has 1 aliphatic heterocycles. The molecule has 1 aromatic carbocycles. The van der Waals surface area contributed by atoms with Gasteiger partial charge in [0.1, 0.15) is 5.75 Å². The molecule has 1 amide bonds. The molecule has 5 nitrogen and oxygen atoms in total. The van der Waals surface area contributed by atoms with E-state index < -0.39 is 12.1 Å². The van der Waals surface area contributed by atoms with E-state index in [1.165, 1.54) is 0 Å². The molecule has 0 radical (unpaired) electrons. The lowest BCUT2D eigenvalue weighted by atomic mass is 10.1. The van der Waals surface area contributed by atoms with Gasteiger partial charge in [-0.05, 0) is 26.0 Å². The van der Waals surface area contributed by atoms with Gasteiger partial charge in [0.15, 0.2) is 6.10 Å². The highest BCUT2D eigenvalue weighted by Gasteiger charge is 2.32. The van der Waals surface area contributed by atoms with Gasteiger partial charge in [-0.15, -0.1) is 0 Å². The number of ether oxygens (including phenoxy) is 1. The molecule has 1 saturated heterocycles. The fourth-order valence-corrected chi connectivity index (χ4v) is 3.48. The van der Waals surface area contributed by atoms with Crippen LogP contribution in [0.2, 0.25) is 0 Å². The first-order valence-electron chi connectivity index (χ1n) is 7.30. The Labute approximate surface area is 134 Å². The molecule has 1 aliphatic rings. The number of benzene rings is 1. The number of carbonyl (C=O) groups excluding carboxylic acids is 1. The van der Waals surface area contributed by atoms with E-state index >= 15 is 0 Å². The van der Waals surface area contributed by atoms with Crippen LogP contribution in [-0.4, -0.2) is 52.1 Å². The predicted molar refractivity (Wildman–Crippen MR) is 86.3 cm³/mol. The SMILES string of the molecule is Cc1ccc(OC(C)C(=O)N2CCSCC2CC(=O)O)cc1. The van der Waals surface area contributed by atoms with Gasteiger partial charge in [0.25, 0.3) is 5.91 Å². The second kappa shape index (κ2) is 7.54. The predicted octanol–water partition coefficient (Wildman–Crippen LogP) is 2.18. The van der Waals surface area contributed by atoms with Gasteiger partial charge in [-0.3, -0.25) is 9.59 Å². The number of aryl methyl sites for hydroxylation is 1. The minimum Gasteiger partial charge on any atom is -0.481 e. The molecule has 120 valence electrons. The molecule has 1 fully saturated rings. The Bertz CT molecular complexity index is 531. The molecule has 2 atom stereocenters. The number of aliphatic carboxylic acids is 1. The maximum atomic E-state index is 12.6. The molecule has 6 heteroatoms. The zero-order valence-electron chi connectivity index (χ0n) is 12.8. The molecule has 0 aliphatic carbocycles. The van der Waals surface area contributed by atoms with Gasteiger partial charge in [-0.25, -0.2) is 0 Å². The monoisotopic (exact) mass is 323 g/mol. The molecule has 2 unspecified atom stereocenters. The fourth-order valence-electron chi connectivity index (χ4n) is 2.42. The highest BCUT2D eigenvalue weighted by molar-refractivity contribution is 7.99. The number of rotatable bonds is 5. The number of thioether (sulfide) groups is 1. The van der Waals surface area contributed by atoms with E-state index in [2.05, 4.69) is 0 Å². The van der Waals surface area contributed by atoms with Crippen LogP contribution in [0.15, 0.2) is 24.3 Å². The summed E-state index contributed by atoms with van der Waals surface area (Å²) in [5.74, 6) is 1.12. The number of carboxylic acids is 1. The lowest BCUT2D eigenvalue weighted by Gasteiger charge is -2.36. The summed E-state index contributed by atoms with van der Waals surface area (Å²) in [4.78, 5) is 25.2. The Morgan fingerprint density at radius 1 is 1.41 bits per heavy atom. The number of nitrogens with zero attached hydrogens (tertiary/aromatic N) is 1. The van der Waals surface area contributed by atoms with Crippen LogP contribution < -0.4 is 4.74 Å². The lowest BCUT2D eigenvalue weighted by Crippen LogP contribution is -2.51. The van der Waals surface area contributed by atoms with Crippen molar-refractivity contribution in [1.29, 1.82) is 0 Å². The maximum Gasteiger partial charge on any atom is 0.305 e. The van der Waals surface area contributed by atoms with Gasteiger partial charge in [-0.1, -0.05) is 17.7 Å². The molecular weight excluding hydrogens is 302 g/mol. The Morgan fingerprint density at radius 2 is 2.09 bits per heavy atom. The molecule has 1 aromatic rings. The molecule has 0 spiro atoms. The van der Waals surface area contributed by atoms with Crippen molar-refractivity contribution < 1.29 is 19.4 Å². The molecule has 1 N–H and O–H groups in total. The van der Waals surface area contributed by atoms with Crippen LogP contribution in [0.5, 0.6) is 5.75 Å². The minimum atomic E-state index is -0.877. The summed E-state index contributed by atoms with van der Waals surface area (Å²) in [6.07, 6.45) is -0.641. The highest BCUT2D eigenvalue weighted by atomic mass is 32.2. The smallest absolute Gasteiger partial charge is 0.305 e. The number of carbonyl (C=O) groups is 2. The third kappa shape index (κ3) is 4.40. The fraction of sp³-hybridized carbons (Fsp3) is 0.500. The van der Waals surface area contributed by atoms with Crippen LogP contribution in [0.3, 0.4) is 0 Å².